The van der Waals surface area contributed by atoms with Crippen LogP contribution in [0, 0.1) is 0 Å². The van der Waals surface area contributed by atoms with Gasteiger partial charge in [0.25, 0.3) is 11.7 Å². The molecule has 0 radical (unpaired) electrons. The molecule has 0 saturated heterocycles. The molecule has 6 nitrogen and oxygen atoms in total. The monoisotopic (exact) mass is 251 g/mol. The van der Waals surface area contributed by atoms with Crippen molar-refractivity contribution >= 4 is 17.4 Å². The third-order valence-electron chi connectivity index (χ3n) is 2.89. The summed E-state index contributed by atoms with van der Waals surface area (Å²) in [7, 11) is 0. The van der Waals surface area contributed by atoms with Gasteiger partial charge in [-0.2, -0.15) is 0 Å². The van der Waals surface area contributed by atoms with Crippen LogP contribution < -0.4 is 5.32 Å². The van der Waals surface area contributed by atoms with Gasteiger partial charge >= 0.3 is 0 Å². The SMILES string of the molecule is O=C1Nc2cccc(C(O)C(O)CCO)c2C1=O. The maximum atomic E-state index is 11.6. The van der Waals surface area contributed by atoms with E-state index in [1.807, 2.05) is 0 Å². The van der Waals surface area contributed by atoms with Crippen LogP contribution in [0.4, 0.5) is 5.69 Å². The Morgan fingerprint density at radius 1 is 1.22 bits per heavy atom. The molecule has 1 amide bonds. The fourth-order valence-electron chi connectivity index (χ4n) is 1.96. The second kappa shape index (κ2) is 4.85. The summed E-state index contributed by atoms with van der Waals surface area (Å²) in [5.41, 5.74) is 0.613. The van der Waals surface area contributed by atoms with Gasteiger partial charge in [-0.15, -0.1) is 0 Å². The van der Waals surface area contributed by atoms with Crippen molar-refractivity contribution in [2.45, 2.75) is 18.6 Å². The van der Waals surface area contributed by atoms with Gasteiger partial charge < -0.3 is 20.6 Å². The number of hydrogen-bond acceptors (Lipinski definition) is 5. The molecule has 2 rings (SSSR count). The molecule has 2 atom stereocenters. The van der Waals surface area contributed by atoms with Crippen LogP contribution in [0.25, 0.3) is 0 Å². The van der Waals surface area contributed by atoms with Crippen molar-refractivity contribution in [1.29, 1.82) is 0 Å². The van der Waals surface area contributed by atoms with E-state index in [0.29, 0.717) is 5.69 Å². The minimum atomic E-state index is -1.32. The molecule has 4 N–H and O–H groups in total. The van der Waals surface area contributed by atoms with E-state index in [-0.39, 0.29) is 24.2 Å². The van der Waals surface area contributed by atoms with Crippen molar-refractivity contribution in [3.05, 3.63) is 29.3 Å². The molecule has 0 saturated carbocycles. The number of Topliss-reactive ketones (excluding diaryl/α,β-unsaturated/α-hetero) is 1. The van der Waals surface area contributed by atoms with Gasteiger partial charge in [-0.05, 0) is 18.1 Å². The fraction of sp³-hybridized carbons (Fsp3) is 0.333. The smallest absolute Gasteiger partial charge is 0.296 e. The van der Waals surface area contributed by atoms with Crippen LogP contribution >= 0.6 is 0 Å². The largest absolute Gasteiger partial charge is 0.396 e. The number of ketones is 1. The molecule has 96 valence electrons. The Balaban J connectivity index is 2.39. The molecule has 2 unspecified atom stereocenters. The van der Waals surface area contributed by atoms with Crippen LogP contribution in [0.3, 0.4) is 0 Å². The lowest BCUT2D eigenvalue weighted by molar-refractivity contribution is -0.112. The van der Waals surface area contributed by atoms with Gasteiger partial charge in [0.2, 0.25) is 0 Å². The van der Waals surface area contributed by atoms with E-state index in [1.165, 1.54) is 6.07 Å². The topological polar surface area (TPSA) is 107 Å². The minimum absolute atomic E-state index is 0.0135. The fourth-order valence-corrected chi connectivity index (χ4v) is 1.96. The second-order valence-electron chi connectivity index (χ2n) is 4.08. The van der Waals surface area contributed by atoms with Gasteiger partial charge in [-0.1, -0.05) is 12.1 Å². The van der Waals surface area contributed by atoms with E-state index in [4.69, 9.17) is 5.11 Å². The summed E-state index contributed by atoms with van der Waals surface area (Å²) >= 11 is 0. The highest BCUT2D eigenvalue weighted by atomic mass is 16.3. The lowest BCUT2D eigenvalue weighted by atomic mass is 9.95. The van der Waals surface area contributed by atoms with Crippen LogP contribution in [0.2, 0.25) is 0 Å². The molecular weight excluding hydrogens is 238 g/mol. The van der Waals surface area contributed by atoms with Crippen molar-refractivity contribution in [2.75, 3.05) is 11.9 Å². The van der Waals surface area contributed by atoms with E-state index in [2.05, 4.69) is 5.32 Å². The Morgan fingerprint density at radius 3 is 2.61 bits per heavy atom. The maximum Gasteiger partial charge on any atom is 0.296 e. The van der Waals surface area contributed by atoms with Gasteiger partial charge in [-0.25, -0.2) is 0 Å². The quantitative estimate of drug-likeness (QED) is 0.545. The molecule has 0 fully saturated rings. The Labute approximate surface area is 103 Å². The predicted molar refractivity (Wildman–Crippen MR) is 62.1 cm³/mol. The molecule has 0 bridgehead atoms. The molecule has 1 heterocycles. The van der Waals surface area contributed by atoms with E-state index in [1.54, 1.807) is 12.1 Å². The summed E-state index contributed by atoms with van der Waals surface area (Å²) in [5, 5.41) is 30.7. The predicted octanol–water partition coefficient (Wildman–Crippen LogP) is -0.402. The highest BCUT2D eigenvalue weighted by molar-refractivity contribution is 6.52. The average Bonchev–Trinajstić information content (AvgIpc) is 2.64. The van der Waals surface area contributed by atoms with Gasteiger partial charge in [-0.3, -0.25) is 9.59 Å². The molecular formula is C12H13NO5. The first-order chi connectivity index (χ1) is 8.56. The molecule has 6 heteroatoms. The first-order valence-corrected chi connectivity index (χ1v) is 5.52. The van der Waals surface area contributed by atoms with Crippen LogP contribution in [0.1, 0.15) is 28.4 Å². The molecule has 18 heavy (non-hydrogen) atoms. The maximum absolute atomic E-state index is 11.6. The van der Waals surface area contributed by atoms with E-state index < -0.39 is 23.9 Å². The number of aliphatic hydroxyl groups is 3. The number of hydrogen-bond donors (Lipinski definition) is 4. The van der Waals surface area contributed by atoms with Crippen LogP contribution in [0.15, 0.2) is 18.2 Å². The number of fused-ring (bicyclic) bond motifs is 1. The normalized spacial score (nSPS) is 17.3. The minimum Gasteiger partial charge on any atom is -0.396 e. The number of amides is 1. The number of aliphatic hydroxyl groups excluding tert-OH is 3. The number of anilines is 1. The number of carbonyl (C=O) groups excluding carboxylic acids is 2. The molecule has 0 aliphatic carbocycles. The van der Waals surface area contributed by atoms with Crippen LogP contribution in [-0.2, 0) is 4.79 Å². The van der Waals surface area contributed by atoms with Crippen molar-refractivity contribution in [2.24, 2.45) is 0 Å². The zero-order valence-corrected chi connectivity index (χ0v) is 9.46. The van der Waals surface area contributed by atoms with Gasteiger partial charge in [0.15, 0.2) is 0 Å². The zero-order chi connectivity index (χ0) is 13.3. The Hall–Kier alpha value is -1.76. The second-order valence-corrected chi connectivity index (χ2v) is 4.08. The van der Waals surface area contributed by atoms with Crippen molar-refractivity contribution in [1.82, 2.24) is 0 Å². The summed E-state index contributed by atoms with van der Waals surface area (Å²) in [4.78, 5) is 22.9. The molecule has 1 aromatic carbocycles. The number of benzene rings is 1. The standard InChI is InChI=1S/C12H13NO5/c14-5-4-8(15)10(16)6-2-1-3-7-9(6)11(17)12(18)13-7/h1-3,8,10,14-16H,4-5H2,(H,13,17,18). The average molecular weight is 251 g/mol. The summed E-state index contributed by atoms with van der Waals surface area (Å²) in [6.07, 6.45) is -2.52. The third kappa shape index (κ3) is 2.01. The number of carbonyl (C=O) groups is 2. The highest BCUT2D eigenvalue weighted by Gasteiger charge is 2.33. The van der Waals surface area contributed by atoms with Crippen molar-refractivity contribution < 1.29 is 24.9 Å². The van der Waals surface area contributed by atoms with Gasteiger partial charge in [0.1, 0.15) is 6.10 Å². The summed E-state index contributed by atoms with van der Waals surface area (Å²) in [5.74, 6) is -1.47. The molecule has 1 aliphatic heterocycles. The van der Waals surface area contributed by atoms with Gasteiger partial charge in [0.05, 0.1) is 17.4 Å². The van der Waals surface area contributed by atoms with E-state index in [9.17, 15) is 19.8 Å². The molecule has 0 spiro atoms. The van der Waals surface area contributed by atoms with Crippen LogP contribution in [0.5, 0.6) is 0 Å². The summed E-state index contributed by atoms with van der Waals surface area (Å²) in [6.45, 7) is -0.279. The number of nitrogens with one attached hydrogen (secondary N) is 1. The molecule has 1 aromatic rings. The van der Waals surface area contributed by atoms with E-state index in [0.717, 1.165) is 0 Å². The lowest BCUT2D eigenvalue weighted by Crippen LogP contribution is -2.22. The van der Waals surface area contributed by atoms with Gasteiger partial charge in [0, 0.05) is 6.61 Å². The van der Waals surface area contributed by atoms with Crippen molar-refractivity contribution in [3.63, 3.8) is 0 Å². The zero-order valence-electron chi connectivity index (χ0n) is 9.46. The Bertz CT molecular complexity index is 499. The summed E-state index contributed by atoms with van der Waals surface area (Å²) < 4.78 is 0. The first-order valence-electron chi connectivity index (χ1n) is 5.52. The number of rotatable bonds is 4. The summed E-state index contributed by atoms with van der Waals surface area (Å²) in [6, 6.07) is 4.59. The highest BCUT2D eigenvalue weighted by Crippen LogP contribution is 2.31. The van der Waals surface area contributed by atoms with E-state index >= 15 is 0 Å². The Kier molecular flexibility index (Phi) is 3.42. The molecule has 0 aromatic heterocycles. The molecule has 1 aliphatic rings. The Morgan fingerprint density at radius 2 is 1.94 bits per heavy atom. The third-order valence-corrected chi connectivity index (χ3v) is 2.89. The lowest BCUT2D eigenvalue weighted by Gasteiger charge is -2.18. The van der Waals surface area contributed by atoms with Crippen LogP contribution in [-0.4, -0.2) is 39.7 Å². The first kappa shape index (κ1) is 12.7. The van der Waals surface area contributed by atoms with Crippen molar-refractivity contribution in [3.8, 4) is 0 Å².